The summed E-state index contributed by atoms with van der Waals surface area (Å²) in [6, 6.07) is 1.85. The van der Waals surface area contributed by atoms with Gasteiger partial charge in [-0.05, 0) is 47.8 Å². The molecule has 0 bridgehead atoms. The second kappa shape index (κ2) is 7.16. The Labute approximate surface area is 110 Å². The maximum Gasteiger partial charge on any atom is 0.226 e. The summed E-state index contributed by atoms with van der Waals surface area (Å²) >= 11 is 0. The largest absolute Gasteiger partial charge is 0.475 e. The summed E-state index contributed by atoms with van der Waals surface area (Å²) in [7, 11) is 4.13. The summed E-state index contributed by atoms with van der Waals surface area (Å²) in [5, 5.41) is 3.23. The molecule has 0 aliphatic rings. The van der Waals surface area contributed by atoms with E-state index in [1.165, 1.54) is 0 Å². The Morgan fingerprint density at radius 3 is 2.67 bits per heavy atom. The minimum Gasteiger partial charge on any atom is -0.475 e. The van der Waals surface area contributed by atoms with Gasteiger partial charge in [0.1, 0.15) is 0 Å². The molecular weight excluding hydrogens is 228 g/mol. The molecule has 1 aromatic heterocycles. The van der Waals surface area contributed by atoms with Crippen LogP contribution in [0.2, 0.25) is 0 Å². The monoisotopic (exact) mass is 252 g/mol. The lowest BCUT2D eigenvalue weighted by Gasteiger charge is -2.12. The molecule has 0 amide bonds. The smallest absolute Gasteiger partial charge is 0.226 e. The van der Waals surface area contributed by atoms with Crippen LogP contribution in [-0.2, 0) is 0 Å². The van der Waals surface area contributed by atoms with E-state index < -0.39 is 0 Å². The average molecular weight is 252 g/mol. The molecule has 1 N–H and O–H groups in total. The fourth-order valence-electron chi connectivity index (χ4n) is 1.52. The number of rotatable bonds is 7. The number of anilines is 1. The molecule has 1 rings (SSSR count). The maximum absolute atomic E-state index is 5.58. The number of aromatic nitrogens is 2. The van der Waals surface area contributed by atoms with Gasteiger partial charge in [-0.1, -0.05) is 0 Å². The Hall–Kier alpha value is -1.36. The van der Waals surface area contributed by atoms with Gasteiger partial charge in [0, 0.05) is 18.3 Å². The maximum atomic E-state index is 5.58. The highest BCUT2D eigenvalue weighted by Crippen LogP contribution is 2.13. The van der Waals surface area contributed by atoms with E-state index in [0.717, 1.165) is 25.2 Å². The van der Waals surface area contributed by atoms with Gasteiger partial charge in [0.15, 0.2) is 0 Å². The highest BCUT2D eigenvalue weighted by Gasteiger charge is 2.04. The van der Waals surface area contributed by atoms with Crippen molar-refractivity contribution in [1.29, 1.82) is 0 Å². The van der Waals surface area contributed by atoms with Crippen LogP contribution in [0.25, 0.3) is 0 Å². The molecule has 0 fully saturated rings. The van der Waals surface area contributed by atoms with Crippen LogP contribution in [0.3, 0.4) is 0 Å². The summed E-state index contributed by atoms with van der Waals surface area (Å²) in [4.78, 5) is 10.8. The molecule has 0 unspecified atom stereocenters. The highest BCUT2D eigenvalue weighted by atomic mass is 16.5. The number of aryl methyl sites for hydroxylation is 1. The topological polar surface area (TPSA) is 50.3 Å². The molecule has 1 aromatic rings. The van der Waals surface area contributed by atoms with Gasteiger partial charge in [-0.3, -0.25) is 0 Å². The number of ether oxygens (including phenoxy) is 1. The SMILES string of the molecule is Cc1cc(OC(C)C)nc(NCCCN(C)C)n1. The molecule has 18 heavy (non-hydrogen) atoms. The van der Waals surface area contributed by atoms with Gasteiger partial charge in [0.05, 0.1) is 6.10 Å². The van der Waals surface area contributed by atoms with E-state index in [4.69, 9.17) is 4.74 Å². The van der Waals surface area contributed by atoms with E-state index in [9.17, 15) is 0 Å². The van der Waals surface area contributed by atoms with E-state index in [1.807, 2.05) is 26.8 Å². The zero-order chi connectivity index (χ0) is 13.5. The molecule has 5 nitrogen and oxygen atoms in total. The molecule has 0 saturated heterocycles. The molecule has 0 spiro atoms. The second-order valence-electron chi connectivity index (χ2n) is 4.92. The van der Waals surface area contributed by atoms with Gasteiger partial charge < -0.3 is 15.0 Å². The lowest BCUT2D eigenvalue weighted by Crippen LogP contribution is -2.17. The van der Waals surface area contributed by atoms with E-state index >= 15 is 0 Å². The molecule has 0 radical (unpaired) electrons. The Kier molecular flexibility index (Phi) is 5.85. The van der Waals surface area contributed by atoms with Crippen LogP contribution < -0.4 is 10.1 Å². The van der Waals surface area contributed by atoms with Crippen LogP contribution in [0, 0.1) is 6.92 Å². The summed E-state index contributed by atoms with van der Waals surface area (Å²) in [6.07, 6.45) is 1.19. The van der Waals surface area contributed by atoms with E-state index in [1.54, 1.807) is 0 Å². The van der Waals surface area contributed by atoms with Crippen molar-refractivity contribution in [1.82, 2.24) is 14.9 Å². The normalized spacial score (nSPS) is 11.1. The fourth-order valence-corrected chi connectivity index (χ4v) is 1.52. The number of nitrogens with one attached hydrogen (secondary N) is 1. The zero-order valence-corrected chi connectivity index (χ0v) is 12.0. The summed E-state index contributed by atoms with van der Waals surface area (Å²) < 4.78 is 5.58. The van der Waals surface area contributed by atoms with E-state index in [2.05, 4.69) is 34.3 Å². The zero-order valence-electron chi connectivity index (χ0n) is 12.0. The van der Waals surface area contributed by atoms with Crippen LogP contribution in [0.1, 0.15) is 26.0 Å². The Balaban J connectivity index is 2.51. The third kappa shape index (κ3) is 5.82. The summed E-state index contributed by atoms with van der Waals surface area (Å²) in [5.74, 6) is 1.28. The standard InChI is InChI=1S/C13H24N4O/c1-10(2)18-12-9-11(3)15-13(16-12)14-7-6-8-17(4)5/h9-10H,6-8H2,1-5H3,(H,14,15,16). The first kappa shape index (κ1) is 14.7. The Morgan fingerprint density at radius 1 is 1.33 bits per heavy atom. The molecule has 0 aliphatic heterocycles. The van der Waals surface area contributed by atoms with Crippen molar-refractivity contribution in [3.63, 3.8) is 0 Å². The lowest BCUT2D eigenvalue weighted by atomic mass is 10.4. The number of hydrogen-bond acceptors (Lipinski definition) is 5. The Bertz CT molecular complexity index is 366. The summed E-state index contributed by atoms with van der Waals surface area (Å²) in [5.41, 5.74) is 0.913. The van der Waals surface area contributed by atoms with Gasteiger partial charge in [0.2, 0.25) is 11.8 Å². The molecule has 0 aliphatic carbocycles. The first-order valence-electron chi connectivity index (χ1n) is 6.38. The fraction of sp³-hybridized carbons (Fsp3) is 0.692. The number of hydrogen-bond donors (Lipinski definition) is 1. The van der Waals surface area contributed by atoms with E-state index in [-0.39, 0.29) is 6.10 Å². The molecule has 102 valence electrons. The first-order valence-corrected chi connectivity index (χ1v) is 6.38. The van der Waals surface area contributed by atoms with Gasteiger partial charge in [-0.2, -0.15) is 4.98 Å². The second-order valence-corrected chi connectivity index (χ2v) is 4.92. The Morgan fingerprint density at radius 2 is 2.06 bits per heavy atom. The van der Waals surface area contributed by atoms with Crippen molar-refractivity contribution in [2.24, 2.45) is 0 Å². The molecule has 0 saturated carbocycles. The van der Waals surface area contributed by atoms with Crippen LogP contribution in [0.4, 0.5) is 5.95 Å². The minimum absolute atomic E-state index is 0.126. The van der Waals surface area contributed by atoms with Crippen molar-refractivity contribution < 1.29 is 4.74 Å². The quantitative estimate of drug-likeness (QED) is 0.752. The van der Waals surface area contributed by atoms with Crippen molar-refractivity contribution >= 4 is 5.95 Å². The predicted molar refractivity (Wildman–Crippen MR) is 74.2 cm³/mol. The third-order valence-electron chi connectivity index (χ3n) is 2.25. The first-order chi connectivity index (χ1) is 8.47. The summed E-state index contributed by atoms with van der Waals surface area (Å²) in [6.45, 7) is 7.83. The van der Waals surface area contributed by atoms with Crippen LogP contribution in [-0.4, -0.2) is 48.2 Å². The minimum atomic E-state index is 0.126. The van der Waals surface area contributed by atoms with Gasteiger partial charge >= 0.3 is 0 Å². The molecule has 0 aromatic carbocycles. The van der Waals surface area contributed by atoms with Crippen LogP contribution in [0.15, 0.2) is 6.07 Å². The van der Waals surface area contributed by atoms with Crippen molar-refractivity contribution in [3.05, 3.63) is 11.8 Å². The predicted octanol–water partition coefficient (Wildman–Crippen LogP) is 1.94. The highest BCUT2D eigenvalue weighted by molar-refractivity contribution is 5.30. The third-order valence-corrected chi connectivity index (χ3v) is 2.25. The lowest BCUT2D eigenvalue weighted by molar-refractivity contribution is 0.232. The molecular formula is C13H24N4O. The van der Waals surface area contributed by atoms with Crippen LogP contribution >= 0.6 is 0 Å². The average Bonchev–Trinajstić information content (AvgIpc) is 2.22. The van der Waals surface area contributed by atoms with Crippen molar-refractivity contribution in [2.75, 3.05) is 32.5 Å². The van der Waals surface area contributed by atoms with Crippen LogP contribution in [0.5, 0.6) is 5.88 Å². The molecule has 5 heteroatoms. The van der Waals surface area contributed by atoms with Crippen molar-refractivity contribution in [2.45, 2.75) is 33.3 Å². The van der Waals surface area contributed by atoms with Crippen molar-refractivity contribution in [3.8, 4) is 5.88 Å². The van der Waals surface area contributed by atoms with Gasteiger partial charge in [0.25, 0.3) is 0 Å². The van der Waals surface area contributed by atoms with Gasteiger partial charge in [-0.25, -0.2) is 4.98 Å². The van der Waals surface area contributed by atoms with Gasteiger partial charge in [-0.15, -0.1) is 0 Å². The molecule has 1 heterocycles. The molecule has 0 atom stereocenters. The van der Waals surface area contributed by atoms with E-state index in [0.29, 0.717) is 11.8 Å². The number of nitrogens with zero attached hydrogens (tertiary/aromatic N) is 3.